The molecule has 0 aromatic heterocycles. The van der Waals surface area contributed by atoms with Gasteiger partial charge in [-0.2, -0.15) is 0 Å². The van der Waals surface area contributed by atoms with Gasteiger partial charge in [0, 0.05) is 23.3 Å². The maximum Gasteiger partial charge on any atom is 0.494 e. The number of nitro groups is 1. The number of rotatable bonds is 4. The third-order valence-electron chi connectivity index (χ3n) is 5.04. The van der Waals surface area contributed by atoms with Gasteiger partial charge in [0.25, 0.3) is 5.69 Å². The van der Waals surface area contributed by atoms with E-state index in [0.717, 1.165) is 5.46 Å². The lowest BCUT2D eigenvalue weighted by Crippen LogP contribution is -2.41. The summed E-state index contributed by atoms with van der Waals surface area (Å²) in [7, 11) is -0.483. The summed E-state index contributed by atoms with van der Waals surface area (Å²) in [4.78, 5) is 22.7. The lowest BCUT2D eigenvalue weighted by atomic mass is 9.78. The molecule has 0 aliphatic carbocycles. The molecule has 0 spiro atoms. The highest BCUT2D eigenvalue weighted by molar-refractivity contribution is 6.62. The van der Waals surface area contributed by atoms with Gasteiger partial charge >= 0.3 is 7.12 Å². The number of carbonyl (C=O) groups is 1. The predicted molar refractivity (Wildman–Crippen MR) is 98.7 cm³/mol. The number of nitrogens with zero attached hydrogens (tertiary/aromatic N) is 1. The second-order valence-corrected chi connectivity index (χ2v) is 7.34. The predicted octanol–water partition coefficient (Wildman–Crippen LogP) is 3.13. The van der Waals surface area contributed by atoms with E-state index < -0.39 is 23.2 Å². The van der Waals surface area contributed by atoms with E-state index in [0.29, 0.717) is 11.1 Å². The molecule has 1 aliphatic rings. The maximum absolute atomic E-state index is 12.5. The SMILES string of the molecule is CC1(C)OB(c2ccc(C(=O)c3ccc([N+](=O)[O-])cc3)cc2)OC1(C)C. The highest BCUT2D eigenvalue weighted by atomic mass is 16.7. The largest absolute Gasteiger partial charge is 0.494 e. The van der Waals surface area contributed by atoms with Crippen LogP contribution >= 0.6 is 0 Å². The van der Waals surface area contributed by atoms with Crippen molar-refractivity contribution < 1.29 is 19.0 Å². The first-order chi connectivity index (χ1) is 12.1. The molecular weight excluding hydrogens is 333 g/mol. The minimum absolute atomic E-state index is 0.0438. The van der Waals surface area contributed by atoms with Gasteiger partial charge in [0.2, 0.25) is 0 Å². The molecule has 1 heterocycles. The third kappa shape index (κ3) is 3.28. The third-order valence-corrected chi connectivity index (χ3v) is 5.04. The van der Waals surface area contributed by atoms with Gasteiger partial charge in [0.05, 0.1) is 16.1 Å². The summed E-state index contributed by atoms with van der Waals surface area (Å²) in [5.74, 6) is -0.194. The quantitative estimate of drug-likeness (QED) is 0.365. The van der Waals surface area contributed by atoms with Gasteiger partial charge in [-0.3, -0.25) is 14.9 Å². The van der Waals surface area contributed by atoms with E-state index in [2.05, 4.69) is 0 Å². The van der Waals surface area contributed by atoms with E-state index in [1.165, 1.54) is 24.3 Å². The van der Waals surface area contributed by atoms with Crippen molar-refractivity contribution in [2.75, 3.05) is 0 Å². The number of ketones is 1. The van der Waals surface area contributed by atoms with Crippen molar-refractivity contribution >= 4 is 24.1 Å². The molecule has 0 radical (unpaired) electrons. The molecule has 2 aromatic carbocycles. The van der Waals surface area contributed by atoms with Crippen LogP contribution in [-0.4, -0.2) is 29.0 Å². The number of carbonyl (C=O) groups excluding carboxylic acids is 1. The van der Waals surface area contributed by atoms with Gasteiger partial charge in [0.1, 0.15) is 0 Å². The fourth-order valence-corrected chi connectivity index (χ4v) is 2.67. The summed E-state index contributed by atoms with van der Waals surface area (Å²) in [6, 6.07) is 12.6. The molecule has 0 atom stereocenters. The van der Waals surface area contributed by atoms with Crippen molar-refractivity contribution in [2.24, 2.45) is 0 Å². The van der Waals surface area contributed by atoms with E-state index in [-0.39, 0.29) is 11.5 Å². The van der Waals surface area contributed by atoms with Crippen molar-refractivity contribution in [1.29, 1.82) is 0 Å². The molecule has 0 unspecified atom stereocenters. The summed E-state index contributed by atoms with van der Waals surface area (Å²) in [5, 5.41) is 10.7. The second-order valence-electron chi connectivity index (χ2n) is 7.34. The zero-order valence-corrected chi connectivity index (χ0v) is 15.2. The molecule has 134 valence electrons. The van der Waals surface area contributed by atoms with Crippen LogP contribution in [0.1, 0.15) is 43.6 Å². The number of non-ortho nitro benzene ring substituents is 1. The smallest absolute Gasteiger partial charge is 0.399 e. The van der Waals surface area contributed by atoms with E-state index in [9.17, 15) is 14.9 Å². The Morgan fingerprint density at radius 1 is 0.885 bits per heavy atom. The summed E-state index contributed by atoms with van der Waals surface area (Å²) in [6.07, 6.45) is 0. The fourth-order valence-electron chi connectivity index (χ4n) is 2.67. The van der Waals surface area contributed by atoms with Crippen LogP contribution in [0.4, 0.5) is 5.69 Å². The van der Waals surface area contributed by atoms with Crippen LogP contribution in [0, 0.1) is 10.1 Å². The van der Waals surface area contributed by atoms with Gasteiger partial charge < -0.3 is 9.31 Å². The molecule has 0 amide bonds. The van der Waals surface area contributed by atoms with E-state index in [4.69, 9.17) is 9.31 Å². The Morgan fingerprint density at radius 2 is 1.31 bits per heavy atom. The van der Waals surface area contributed by atoms with Crippen molar-refractivity contribution in [3.05, 3.63) is 69.8 Å². The number of benzene rings is 2. The molecule has 2 aromatic rings. The minimum Gasteiger partial charge on any atom is -0.399 e. The summed E-state index contributed by atoms with van der Waals surface area (Å²) in [5.41, 5.74) is 0.843. The first-order valence-electron chi connectivity index (χ1n) is 8.35. The van der Waals surface area contributed by atoms with Crippen molar-refractivity contribution in [1.82, 2.24) is 0 Å². The Bertz CT molecular complexity index is 827. The Balaban J connectivity index is 1.77. The van der Waals surface area contributed by atoms with Crippen LogP contribution in [0.5, 0.6) is 0 Å². The maximum atomic E-state index is 12.5. The number of hydrogen-bond acceptors (Lipinski definition) is 5. The number of nitro benzene ring substituents is 1. The van der Waals surface area contributed by atoms with Gasteiger partial charge in [-0.05, 0) is 45.3 Å². The lowest BCUT2D eigenvalue weighted by Gasteiger charge is -2.32. The Hall–Kier alpha value is -2.51. The van der Waals surface area contributed by atoms with Crippen molar-refractivity contribution in [3.63, 3.8) is 0 Å². The molecule has 0 saturated carbocycles. The Morgan fingerprint density at radius 3 is 1.73 bits per heavy atom. The van der Waals surface area contributed by atoms with Gasteiger partial charge in [-0.1, -0.05) is 24.3 Å². The molecule has 7 heteroatoms. The highest BCUT2D eigenvalue weighted by Crippen LogP contribution is 2.36. The first kappa shape index (κ1) is 18.3. The van der Waals surface area contributed by atoms with Crippen LogP contribution in [0.25, 0.3) is 0 Å². The van der Waals surface area contributed by atoms with Crippen LogP contribution < -0.4 is 5.46 Å². The molecule has 3 rings (SSSR count). The zero-order valence-electron chi connectivity index (χ0n) is 15.2. The Labute approximate surface area is 152 Å². The van der Waals surface area contributed by atoms with E-state index in [1.54, 1.807) is 24.3 Å². The van der Waals surface area contributed by atoms with Crippen LogP contribution in [0.3, 0.4) is 0 Å². The second kappa shape index (κ2) is 6.34. The van der Waals surface area contributed by atoms with Gasteiger partial charge in [-0.15, -0.1) is 0 Å². The van der Waals surface area contributed by atoms with Crippen LogP contribution in [-0.2, 0) is 9.31 Å². The highest BCUT2D eigenvalue weighted by Gasteiger charge is 2.51. The topological polar surface area (TPSA) is 78.7 Å². The molecule has 1 aliphatic heterocycles. The fraction of sp³-hybridized carbons (Fsp3) is 0.316. The van der Waals surface area contributed by atoms with Crippen molar-refractivity contribution in [2.45, 2.75) is 38.9 Å². The zero-order chi connectivity index (χ0) is 19.1. The first-order valence-corrected chi connectivity index (χ1v) is 8.35. The van der Waals surface area contributed by atoms with Crippen LogP contribution in [0.2, 0.25) is 0 Å². The standard InChI is InChI=1S/C19H20BNO5/c1-18(2)19(3,4)26-20(25-18)15-9-5-13(6-10-15)17(22)14-7-11-16(12-8-14)21(23)24/h5-12H,1-4H3. The minimum atomic E-state index is -0.492. The number of hydrogen-bond donors (Lipinski definition) is 0. The molecule has 1 saturated heterocycles. The van der Waals surface area contributed by atoms with Crippen molar-refractivity contribution in [3.8, 4) is 0 Å². The van der Waals surface area contributed by atoms with Gasteiger partial charge in [0.15, 0.2) is 5.78 Å². The lowest BCUT2D eigenvalue weighted by molar-refractivity contribution is -0.384. The van der Waals surface area contributed by atoms with Gasteiger partial charge in [-0.25, -0.2) is 0 Å². The molecule has 1 fully saturated rings. The summed E-state index contributed by atoms with van der Waals surface area (Å²) >= 11 is 0. The monoisotopic (exact) mass is 353 g/mol. The Kier molecular flexibility index (Phi) is 4.46. The average molecular weight is 353 g/mol. The van der Waals surface area contributed by atoms with E-state index in [1.807, 2.05) is 27.7 Å². The summed E-state index contributed by atoms with van der Waals surface area (Å²) < 4.78 is 12.0. The normalized spacial score (nSPS) is 17.9. The average Bonchev–Trinajstić information content (AvgIpc) is 2.82. The molecule has 0 bridgehead atoms. The molecule has 0 N–H and O–H groups in total. The molecule has 26 heavy (non-hydrogen) atoms. The molecule has 6 nitrogen and oxygen atoms in total. The van der Waals surface area contributed by atoms with Crippen LogP contribution in [0.15, 0.2) is 48.5 Å². The molecular formula is C19H20BNO5. The summed E-state index contributed by atoms with van der Waals surface area (Å²) in [6.45, 7) is 7.94. The van der Waals surface area contributed by atoms with E-state index >= 15 is 0 Å².